The largest absolute Gasteiger partial charge is 0.494 e. The zero-order chi connectivity index (χ0) is 24.8. The summed E-state index contributed by atoms with van der Waals surface area (Å²) >= 11 is 0. The van der Waals surface area contributed by atoms with E-state index in [-0.39, 0.29) is 18.8 Å². The van der Waals surface area contributed by atoms with Gasteiger partial charge in [0.25, 0.3) is 0 Å². The second-order valence-corrected chi connectivity index (χ2v) is 7.46. The maximum atomic E-state index is 12.4. The Morgan fingerprint density at radius 1 is 0.853 bits per heavy atom. The lowest BCUT2D eigenvalue weighted by atomic mass is 10.2. The van der Waals surface area contributed by atoms with Gasteiger partial charge in [-0.3, -0.25) is 0 Å². The summed E-state index contributed by atoms with van der Waals surface area (Å²) in [6.45, 7) is 7.69. The third-order valence-corrected chi connectivity index (χ3v) is 4.52. The van der Waals surface area contributed by atoms with Gasteiger partial charge in [-0.2, -0.15) is 0 Å². The van der Waals surface area contributed by atoms with Crippen molar-refractivity contribution in [2.24, 2.45) is 0 Å². The lowest BCUT2D eigenvalue weighted by Crippen LogP contribution is -2.12. The minimum absolute atomic E-state index is 0.0416. The van der Waals surface area contributed by atoms with E-state index in [0.29, 0.717) is 17.9 Å². The maximum absolute atomic E-state index is 12.4. The van der Waals surface area contributed by atoms with Crippen molar-refractivity contribution >= 4 is 24.0 Å². The highest BCUT2D eigenvalue weighted by atomic mass is 16.6. The molecule has 0 aliphatic rings. The van der Waals surface area contributed by atoms with Gasteiger partial charge in [-0.15, -0.1) is 0 Å². The quantitative estimate of drug-likeness (QED) is 0.175. The summed E-state index contributed by atoms with van der Waals surface area (Å²) in [6, 6.07) is 13.5. The van der Waals surface area contributed by atoms with Crippen LogP contribution in [0.25, 0.3) is 6.08 Å². The van der Waals surface area contributed by atoms with Gasteiger partial charge in [0.05, 0.1) is 12.2 Å². The zero-order valence-corrected chi connectivity index (χ0v) is 19.6. The molecule has 2 rings (SSSR count). The van der Waals surface area contributed by atoms with Crippen molar-refractivity contribution in [1.82, 2.24) is 0 Å². The fraction of sp³-hybridized carbons (Fsp3) is 0.296. The number of ether oxygens (including phenoxy) is 4. The zero-order valence-electron chi connectivity index (χ0n) is 19.6. The number of carbonyl (C=O) groups is 3. The van der Waals surface area contributed by atoms with E-state index in [4.69, 9.17) is 18.9 Å². The standard InChI is InChI=1S/C27H30O7/c1-4-5-6-17-31-23-14-10-22(11-15-23)27(30)34-24-12-7-21(8-13-24)9-16-25(28)32-18-19-33-26(29)20(2)3/h7-16H,2,4-6,17-19H2,1,3H3/b16-9+. The van der Waals surface area contributed by atoms with Gasteiger partial charge in [-0.05, 0) is 61.4 Å². The van der Waals surface area contributed by atoms with Crippen LogP contribution >= 0.6 is 0 Å². The summed E-state index contributed by atoms with van der Waals surface area (Å²) in [5, 5.41) is 0. The Bertz CT molecular complexity index is 989. The fourth-order valence-corrected chi connectivity index (χ4v) is 2.65. The van der Waals surface area contributed by atoms with E-state index >= 15 is 0 Å². The second kappa shape index (κ2) is 14.3. The molecular weight excluding hydrogens is 436 g/mol. The minimum Gasteiger partial charge on any atom is -0.494 e. The molecule has 180 valence electrons. The highest BCUT2D eigenvalue weighted by molar-refractivity contribution is 5.91. The van der Waals surface area contributed by atoms with Crippen LogP contribution in [0.2, 0.25) is 0 Å². The molecule has 7 nitrogen and oxygen atoms in total. The molecule has 0 bridgehead atoms. The smallest absolute Gasteiger partial charge is 0.343 e. The van der Waals surface area contributed by atoms with Gasteiger partial charge < -0.3 is 18.9 Å². The fourth-order valence-electron chi connectivity index (χ4n) is 2.65. The molecule has 0 aromatic heterocycles. The number of esters is 3. The summed E-state index contributed by atoms with van der Waals surface area (Å²) in [5.74, 6) is -0.480. The normalized spacial score (nSPS) is 10.5. The molecule has 0 aliphatic carbocycles. The Labute approximate surface area is 200 Å². The Morgan fingerprint density at radius 2 is 1.50 bits per heavy atom. The molecule has 2 aromatic carbocycles. The van der Waals surface area contributed by atoms with Crippen LogP contribution in [0.1, 0.15) is 49.0 Å². The van der Waals surface area contributed by atoms with Crippen molar-refractivity contribution in [3.05, 3.63) is 77.9 Å². The van der Waals surface area contributed by atoms with Gasteiger partial charge in [-0.25, -0.2) is 14.4 Å². The Morgan fingerprint density at radius 3 is 2.15 bits per heavy atom. The topological polar surface area (TPSA) is 88.1 Å². The maximum Gasteiger partial charge on any atom is 0.343 e. The molecule has 0 saturated heterocycles. The van der Waals surface area contributed by atoms with E-state index in [0.717, 1.165) is 30.6 Å². The van der Waals surface area contributed by atoms with Crippen molar-refractivity contribution in [3.8, 4) is 11.5 Å². The third-order valence-electron chi connectivity index (χ3n) is 4.52. The molecule has 2 aromatic rings. The average Bonchev–Trinajstić information content (AvgIpc) is 2.84. The van der Waals surface area contributed by atoms with Gasteiger partial charge in [-0.1, -0.05) is 38.5 Å². The van der Waals surface area contributed by atoms with Gasteiger partial charge in [0.15, 0.2) is 0 Å². The first kappa shape index (κ1) is 26.4. The molecule has 0 radical (unpaired) electrons. The van der Waals surface area contributed by atoms with Gasteiger partial charge in [0.2, 0.25) is 0 Å². The number of hydrogen-bond donors (Lipinski definition) is 0. The predicted octanol–water partition coefficient (Wildman–Crippen LogP) is 5.15. The molecular formula is C27H30O7. The van der Waals surface area contributed by atoms with Crippen LogP contribution in [0.15, 0.2) is 66.8 Å². The summed E-state index contributed by atoms with van der Waals surface area (Å²) in [5.41, 5.74) is 1.41. The SMILES string of the molecule is C=C(C)C(=O)OCCOC(=O)/C=C/c1ccc(OC(=O)c2ccc(OCCCCC)cc2)cc1. The predicted molar refractivity (Wildman–Crippen MR) is 129 cm³/mol. The summed E-state index contributed by atoms with van der Waals surface area (Å²) in [4.78, 5) is 35.3. The van der Waals surface area contributed by atoms with Crippen LogP contribution < -0.4 is 9.47 Å². The summed E-state index contributed by atoms with van der Waals surface area (Å²) in [6.07, 6.45) is 6.08. The van der Waals surface area contributed by atoms with Crippen molar-refractivity contribution in [2.75, 3.05) is 19.8 Å². The summed E-state index contributed by atoms with van der Waals surface area (Å²) in [7, 11) is 0. The molecule has 0 spiro atoms. The Balaban J connectivity index is 1.77. The van der Waals surface area contributed by atoms with Crippen LogP contribution in [0.5, 0.6) is 11.5 Å². The van der Waals surface area contributed by atoms with Crippen LogP contribution in [-0.4, -0.2) is 37.7 Å². The van der Waals surface area contributed by atoms with Gasteiger partial charge in [0.1, 0.15) is 24.7 Å². The molecule has 0 N–H and O–H groups in total. The van der Waals surface area contributed by atoms with Crippen molar-refractivity contribution in [1.29, 1.82) is 0 Å². The molecule has 34 heavy (non-hydrogen) atoms. The molecule has 0 atom stereocenters. The molecule has 0 unspecified atom stereocenters. The second-order valence-electron chi connectivity index (χ2n) is 7.46. The molecule has 0 fully saturated rings. The van der Waals surface area contributed by atoms with Crippen LogP contribution in [0.4, 0.5) is 0 Å². The lowest BCUT2D eigenvalue weighted by Gasteiger charge is -2.07. The minimum atomic E-state index is -0.570. The highest BCUT2D eigenvalue weighted by Crippen LogP contribution is 2.17. The van der Waals surface area contributed by atoms with E-state index in [9.17, 15) is 14.4 Å². The number of unbranched alkanes of at least 4 members (excludes halogenated alkanes) is 2. The molecule has 0 saturated carbocycles. The average molecular weight is 467 g/mol. The van der Waals surface area contributed by atoms with E-state index < -0.39 is 17.9 Å². The molecule has 0 heterocycles. The first-order valence-corrected chi connectivity index (χ1v) is 11.1. The number of hydrogen-bond acceptors (Lipinski definition) is 7. The Hall–Kier alpha value is -3.87. The first-order valence-electron chi connectivity index (χ1n) is 11.1. The van der Waals surface area contributed by atoms with Crippen molar-refractivity contribution in [2.45, 2.75) is 33.1 Å². The summed E-state index contributed by atoms with van der Waals surface area (Å²) < 4.78 is 20.8. The lowest BCUT2D eigenvalue weighted by molar-refractivity contribution is -0.146. The highest BCUT2D eigenvalue weighted by Gasteiger charge is 2.09. The molecule has 0 amide bonds. The van der Waals surface area contributed by atoms with E-state index in [2.05, 4.69) is 13.5 Å². The van der Waals surface area contributed by atoms with E-state index in [1.165, 1.54) is 13.0 Å². The first-order chi connectivity index (χ1) is 16.4. The Kier molecular flexibility index (Phi) is 11.1. The number of benzene rings is 2. The van der Waals surface area contributed by atoms with Gasteiger partial charge in [0, 0.05) is 11.6 Å². The van der Waals surface area contributed by atoms with Crippen LogP contribution in [0, 0.1) is 0 Å². The molecule has 7 heteroatoms. The van der Waals surface area contributed by atoms with Crippen LogP contribution in [-0.2, 0) is 19.1 Å². The van der Waals surface area contributed by atoms with Crippen molar-refractivity contribution in [3.63, 3.8) is 0 Å². The van der Waals surface area contributed by atoms with E-state index in [1.54, 1.807) is 54.6 Å². The molecule has 0 aliphatic heterocycles. The number of carbonyl (C=O) groups excluding carboxylic acids is 3. The van der Waals surface area contributed by atoms with Gasteiger partial charge >= 0.3 is 17.9 Å². The number of rotatable bonds is 13. The van der Waals surface area contributed by atoms with Crippen LogP contribution in [0.3, 0.4) is 0 Å². The van der Waals surface area contributed by atoms with E-state index in [1.807, 2.05) is 0 Å². The van der Waals surface area contributed by atoms with Crippen molar-refractivity contribution < 1.29 is 33.3 Å². The third kappa shape index (κ3) is 9.73. The monoisotopic (exact) mass is 466 g/mol.